The third-order valence-electron chi connectivity index (χ3n) is 3.08. The van der Waals surface area contributed by atoms with E-state index in [0.717, 1.165) is 13.1 Å². The van der Waals surface area contributed by atoms with Crippen molar-refractivity contribution in [3.05, 3.63) is 11.7 Å². The number of ether oxygens (including phenoxy) is 1. The zero-order valence-corrected chi connectivity index (χ0v) is 10.7. The molecule has 0 saturated carbocycles. The molecule has 2 rings (SSSR count). The molecule has 1 aliphatic rings. The van der Waals surface area contributed by atoms with Gasteiger partial charge in [-0.25, -0.2) is 0 Å². The Morgan fingerprint density at radius 3 is 3.00 bits per heavy atom. The van der Waals surface area contributed by atoms with Gasteiger partial charge in [-0.05, 0) is 13.8 Å². The Labute approximate surface area is 106 Å². The summed E-state index contributed by atoms with van der Waals surface area (Å²) in [5.74, 6) is 0.626. The van der Waals surface area contributed by atoms with Crippen molar-refractivity contribution in [1.82, 2.24) is 15.0 Å². The minimum Gasteiger partial charge on any atom is -0.382 e. The molecule has 2 atom stereocenters. The number of hydrogen-bond donors (Lipinski definition) is 2. The Morgan fingerprint density at radius 1 is 1.56 bits per heavy atom. The highest BCUT2D eigenvalue weighted by molar-refractivity contribution is 4.96. The van der Waals surface area contributed by atoms with E-state index in [4.69, 9.17) is 15.0 Å². The maximum absolute atomic E-state index is 9.51. The van der Waals surface area contributed by atoms with E-state index in [1.54, 1.807) is 0 Å². The van der Waals surface area contributed by atoms with Crippen LogP contribution in [0.15, 0.2) is 4.52 Å². The van der Waals surface area contributed by atoms with Crippen molar-refractivity contribution >= 4 is 0 Å². The second-order valence-electron chi connectivity index (χ2n) is 4.69. The van der Waals surface area contributed by atoms with E-state index in [0.29, 0.717) is 18.5 Å². The zero-order valence-electron chi connectivity index (χ0n) is 10.7. The van der Waals surface area contributed by atoms with Gasteiger partial charge in [-0.1, -0.05) is 5.16 Å². The molecule has 0 spiro atoms. The predicted molar refractivity (Wildman–Crippen MR) is 63.7 cm³/mol. The monoisotopic (exact) mass is 256 g/mol. The molecule has 7 heteroatoms. The van der Waals surface area contributed by atoms with Crippen LogP contribution in [0.1, 0.15) is 37.8 Å². The molecule has 0 bridgehead atoms. The molecule has 0 aromatic carbocycles. The summed E-state index contributed by atoms with van der Waals surface area (Å²) >= 11 is 0. The number of rotatable bonds is 4. The lowest BCUT2D eigenvalue weighted by atomic mass is 10.2. The molecule has 7 nitrogen and oxygen atoms in total. The lowest BCUT2D eigenvalue weighted by Gasteiger charge is -2.34. The Bertz CT molecular complexity index is 382. The fraction of sp³-hybridized carbons (Fsp3) is 0.818. The van der Waals surface area contributed by atoms with Crippen molar-refractivity contribution < 1.29 is 14.4 Å². The first kappa shape index (κ1) is 13.4. The first-order chi connectivity index (χ1) is 8.61. The molecule has 1 fully saturated rings. The van der Waals surface area contributed by atoms with Gasteiger partial charge in [-0.15, -0.1) is 0 Å². The second kappa shape index (κ2) is 5.75. The van der Waals surface area contributed by atoms with Gasteiger partial charge in [0.2, 0.25) is 5.82 Å². The summed E-state index contributed by atoms with van der Waals surface area (Å²) in [4.78, 5) is 6.43. The highest BCUT2D eigenvalue weighted by atomic mass is 16.5. The van der Waals surface area contributed by atoms with Crippen LogP contribution in [-0.4, -0.2) is 52.4 Å². The second-order valence-corrected chi connectivity index (χ2v) is 4.69. The number of nitrogens with two attached hydrogens (primary N) is 1. The summed E-state index contributed by atoms with van der Waals surface area (Å²) in [5, 5.41) is 13.4. The fourth-order valence-electron chi connectivity index (χ4n) is 1.91. The first-order valence-electron chi connectivity index (χ1n) is 6.19. The van der Waals surface area contributed by atoms with Gasteiger partial charge in [0.1, 0.15) is 12.2 Å². The Morgan fingerprint density at radius 2 is 2.33 bits per heavy atom. The molecule has 1 saturated heterocycles. The summed E-state index contributed by atoms with van der Waals surface area (Å²) in [6.07, 6.45) is -1.11. The third kappa shape index (κ3) is 2.86. The van der Waals surface area contributed by atoms with Gasteiger partial charge in [0.05, 0.1) is 6.61 Å². The average Bonchev–Trinajstić information content (AvgIpc) is 2.87. The van der Waals surface area contributed by atoms with Gasteiger partial charge in [-0.2, -0.15) is 4.98 Å². The molecule has 2 heterocycles. The van der Waals surface area contributed by atoms with Crippen molar-refractivity contribution in [3.8, 4) is 0 Å². The van der Waals surface area contributed by atoms with Crippen LogP contribution in [0, 0.1) is 0 Å². The number of nitrogens with zero attached hydrogens (tertiary/aromatic N) is 3. The number of aliphatic hydroxyl groups is 1. The third-order valence-corrected chi connectivity index (χ3v) is 3.08. The minimum atomic E-state index is -0.906. The van der Waals surface area contributed by atoms with Crippen molar-refractivity contribution in [2.24, 2.45) is 5.73 Å². The molecular weight excluding hydrogens is 236 g/mol. The van der Waals surface area contributed by atoms with Crippen LogP contribution in [0.2, 0.25) is 0 Å². The summed E-state index contributed by atoms with van der Waals surface area (Å²) in [6.45, 7) is 6.63. The predicted octanol–water partition coefficient (Wildman–Crippen LogP) is -0.157. The van der Waals surface area contributed by atoms with Crippen LogP contribution in [0.25, 0.3) is 0 Å². The van der Waals surface area contributed by atoms with E-state index in [2.05, 4.69) is 28.9 Å². The summed E-state index contributed by atoms with van der Waals surface area (Å²) < 4.78 is 10.6. The van der Waals surface area contributed by atoms with E-state index >= 15 is 0 Å². The molecule has 1 aromatic heterocycles. The molecule has 1 aromatic rings. The molecule has 102 valence electrons. The Balaban J connectivity index is 2.04. The van der Waals surface area contributed by atoms with Crippen LogP contribution in [0.4, 0.5) is 0 Å². The number of hydrogen-bond acceptors (Lipinski definition) is 7. The summed E-state index contributed by atoms with van der Waals surface area (Å²) in [6, 6.07) is 0.456. The smallest absolute Gasteiger partial charge is 0.256 e. The standard InChI is InChI=1S/C11H20N4O3/c1-7(2)15-3-4-17-9(6-15)10-13-11(18-14-10)8(16)5-12/h7-9,16H,3-6,12H2,1-2H3. The van der Waals surface area contributed by atoms with E-state index < -0.39 is 6.10 Å². The van der Waals surface area contributed by atoms with Gasteiger partial charge in [0, 0.05) is 25.7 Å². The van der Waals surface area contributed by atoms with Gasteiger partial charge < -0.3 is 20.1 Å². The Hall–Kier alpha value is -1.02. The lowest BCUT2D eigenvalue weighted by molar-refractivity contribution is -0.0450. The molecule has 0 aliphatic carbocycles. The van der Waals surface area contributed by atoms with E-state index in [-0.39, 0.29) is 18.5 Å². The van der Waals surface area contributed by atoms with E-state index in [1.807, 2.05) is 0 Å². The van der Waals surface area contributed by atoms with Crippen molar-refractivity contribution in [2.75, 3.05) is 26.2 Å². The van der Waals surface area contributed by atoms with Crippen molar-refractivity contribution in [3.63, 3.8) is 0 Å². The number of morpholine rings is 1. The normalized spacial score (nSPS) is 23.5. The van der Waals surface area contributed by atoms with Crippen LogP contribution < -0.4 is 5.73 Å². The van der Waals surface area contributed by atoms with Crippen LogP contribution in [-0.2, 0) is 4.74 Å². The van der Waals surface area contributed by atoms with Gasteiger partial charge in [0.15, 0.2) is 0 Å². The van der Waals surface area contributed by atoms with Gasteiger partial charge in [-0.3, -0.25) is 4.90 Å². The molecule has 2 unspecified atom stereocenters. The maximum Gasteiger partial charge on any atom is 0.256 e. The van der Waals surface area contributed by atoms with Gasteiger partial charge >= 0.3 is 0 Å². The van der Waals surface area contributed by atoms with Crippen molar-refractivity contribution in [2.45, 2.75) is 32.1 Å². The first-order valence-corrected chi connectivity index (χ1v) is 6.19. The maximum atomic E-state index is 9.51. The van der Waals surface area contributed by atoms with Crippen LogP contribution in [0.5, 0.6) is 0 Å². The topological polar surface area (TPSA) is 97.6 Å². The van der Waals surface area contributed by atoms with Crippen LogP contribution >= 0.6 is 0 Å². The summed E-state index contributed by atoms with van der Waals surface area (Å²) in [7, 11) is 0. The minimum absolute atomic E-state index is 0.0608. The quantitative estimate of drug-likeness (QED) is 0.772. The molecule has 18 heavy (non-hydrogen) atoms. The summed E-state index contributed by atoms with van der Waals surface area (Å²) in [5.41, 5.74) is 5.34. The molecule has 0 radical (unpaired) electrons. The largest absolute Gasteiger partial charge is 0.382 e. The van der Waals surface area contributed by atoms with E-state index in [1.165, 1.54) is 0 Å². The lowest BCUT2D eigenvalue weighted by Crippen LogP contribution is -2.42. The highest BCUT2D eigenvalue weighted by Crippen LogP contribution is 2.22. The highest BCUT2D eigenvalue weighted by Gasteiger charge is 2.28. The SMILES string of the molecule is CC(C)N1CCOC(c2noc(C(O)CN)n2)C1. The molecular formula is C11H20N4O3. The van der Waals surface area contributed by atoms with Crippen molar-refractivity contribution in [1.29, 1.82) is 0 Å². The molecule has 0 amide bonds. The zero-order chi connectivity index (χ0) is 13.1. The van der Waals surface area contributed by atoms with Gasteiger partial charge in [0.25, 0.3) is 5.89 Å². The van der Waals surface area contributed by atoms with Crippen LogP contribution in [0.3, 0.4) is 0 Å². The van der Waals surface area contributed by atoms with E-state index in [9.17, 15) is 5.11 Å². The number of aliphatic hydroxyl groups excluding tert-OH is 1. The average molecular weight is 256 g/mol. The Kier molecular flexibility index (Phi) is 4.28. The number of aromatic nitrogens is 2. The fourth-order valence-corrected chi connectivity index (χ4v) is 1.91. The molecule has 1 aliphatic heterocycles. The molecule has 3 N–H and O–H groups in total.